The van der Waals surface area contributed by atoms with E-state index < -0.39 is 0 Å². The number of carbonyl (C=O) groups is 2. The summed E-state index contributed by atoms with van der Waals surface area (Å²) in [5.74, 6) is -0.143. The van der Waals surface area contributed by atoms with Crippen molar-refractivity contribution in [2.45, 2.75) is 26.4 Å². The number of imide groups is 1. The van der Waals surface area contributed by atoms with Gasteiger partial charge in [0.15, 0.2) is 0 Å². The van der Waals surface area contributed by atoms with Gasteiger partial charge < -0.3 is 5.32 Å². The molecule has 5 nitrogen and oxygen atoms in total. The van der Waals surface area contributed by atoms with Gasteiger partial charge in [-0.2, -0.15) is 0 Å². The molecule has 1 saturated heterocycles. The molecule has 3 amide bonds. The van der Waals surface area contributed by atoms with Crippen LogP contribution < -0.4 is 5.32 Å². The van der Waals surface area contributed by atoms with Crippen LogP contribution >= 0.6 is 0 Å². The van der Waals surface area contributed by atoms with Crippen LogP contribution in [0.5, 0.6) is 0 Å². The highest BCUT2D eigenvalue weighted by atomic mass is 16.2. The first-order valence-corrected chi connectivity index (χ1v) is 6.84. The molecule has 2 rings (SSSR count). The fourth-order valence-corrected chi connectivity index (χ4v) is 2.29. The third-order valence-corrected chi connectivity index (χ3v) is 3.82. The molecule has 0 radical (unpaired) electrons. The second-order valence-electron chi connectivity index (χ2n) is 5.24. The number of urea groups is 1. The Bertz CT molecular complexity index is 516. The highest BCUT2D eigenvalue weighted by Gasteiger charge is 2.31. The zero-order valence-electron chi connectivity index (χ0n) is 12.2. The Balaban J connectivity index is 2.01. The number of nitrogens with one attached hydrogen (secondary N) is 1. The monoisotopic (exact) mass is 275 g/mol. The Morgan fingerprint density at radius 1 is 1.45 bits per heavy atom. The number of nitrogens with zero attached hydrogens (tertiary/aromatic N) is 2. The Hall–Kier alpha value is -1.88. The van der Waals surface area contributed by atoms with E-state index in [1.165, 1.54) is 16.0 Å². The summed E-state index contributed by atoms with van der Waals surface area (Å²) in [5, 5.41) is 2.65. The Kier molecular flexibility index (Phi) is 4.39. The van der Waals surface area contributed by atoms with Crippen LogP contribution in [0.3, 0.4) is 0 Å². The third-order valence-electron chi connectivity index (χ3n) is 3.82. The van der Waals surface area contributed by atoms with E-state index in [2.05, 4.69) is 24.4 Å². The molecule has 0 bridgehead atoms. The molecule has 1 heterocycles. The van der Waals surface area contributed by atoms with Crippen LogP contribution in [0.15, 0.2) is 24.3 Å². The molecular weight excluding hydrogens is 254 g/mol. The second-order valence-corrected chi connectivity index (χ2v) is 5.24. The van der Waals surface area contributed by atoms with Crippen LogP contribution in [0.2, 0.25) is 0 Å². The molecule has 1 fully saturated rings. The normalized spacial score (nSPS) is 16.4. The van der Waals surface area contributed by atoms with Crippen LogP contribution in [0.1, 0.15) is 18.1 Å². The molecule has 0 unspecified atom stereocenters. The molecule has 1 aromatic rings. The average Bonchev–Trinajstić information content (AvgIpc) is 2.86. The SMILES string of the molecule is Cc1ccccc1CN(C)[C@H](C)C(=O)N1CCNC1=O. The molecule has 1 aliphatic rings. The average molecular weight is 275 g/mol. The molecule has 0 aromatic heterocycles. The van der Waals surface area contributed by atoms with Gasteiger partial charge in [0.2, 0.25) is 5.91 Å². The molecule has 0 saturated carbocycles. The van der Waals surface area contributed by atoms with Crippen molar-refractivity contribution in [3.05, 3.63) is 35.4 Å². The van der Waals surface area contributed by atoms with Crippen molar-refractivity contribution in [3.63, 3.8) is 0 Å². The maximum atomic E-state index is 12.3. The van der Waals surface area contributed by atoms with E-state index in [1.54, 1.807) is 0 Å². The fourth-order valence-electron chi connectivity index (χ4n) is 2.29. The van der Waals surface area contributed by atoms with E-state index in [4.69, 9.17) is 0 Å². The summed E-state index contributed by atoms with van der Waals surface area (Å²) in [5.41, 5.74) is 2.40. The first kappa shape index (κ1) is 14.5. The summed E-state index contributed by atoms with van der Waals surface area (Å²) in [6, 6.07) is 7.51. The summed E-state index contributed by atoms with van der Waals surface area (Å²) in [6.07, 6.45) is 0. The van der Waals surface area contributed by atoms with E-state index in [0.717, 1.165) is 0 Å². The molecule has 0 spiro atoms. The fraction of sp³-hybridized carbons (Fsp3) is 0.467. The van der Waals surface area contributed by atoms with Crippen LogP contribution in [0.4, 0.5) is 4.79 Å². The number of aryl methyl sites for hydroxylation is 1. The largest absolute Gasteiger partial charge is 0.336 e. The van der Waals surface area contributed by atoms with Gasteiger partial charge in [-0.15, -0.1) is 0 Å². The Morgan fingerprint density at radius 2 is 2.15 bits per heavy atom. The number of hydrogen-bond acceptors (Lipinski definition) is 3. The van der Waals surface area contributed by atoms with E-state index in [0.29, 0.717) is 19.6 Å². The van der Waals surface area contributed by atoms with Crippen LogP contribution in [0, 0.1) is 6.92 Å². The minimum atomic E-state index is -0.321. The van der Waals surface area contributed by atoms with Crippen molar-refractivity contribution >= 4 is 11.9 Å². The molecule has 1 aliphatic heterocycles. The quantitative estimate of drug-likeness (QED) is 0.903. The van der Waals surface area contributed by atoms with Crippen molar-refractivity contribution in [2.24, 2.45) is 0 Å². The highest BCUT2D eigenvalue weighted by Crippen LogP contribution is 2.13. The van der Waals surface area contributed by atoms with Gasteiger partial charge in [-0.25, -0.2) is 4.79 Å². The Morgan fingerprint density at radius 3 is 2.75 bits per heavy atom. The van der Waals surface area contributed by atoms with Gasteiger partial charge in [-0.1, -0.05) is 24.3 Å². The van der Waals surface area contributed by atoms with E-state index in [9.17, 15) is 9.59 Å². The highest BCUT2D eigenvalue weighted by molar-refractivity contribution is 5.98. The van der Waals surface area contributed by atoms with E-state index >= 15 is 0 Å². The molecular formula is C15H21N3O2. The van der Waals surface area contributed by atoms with Gasteiger partial charge in [0.05, 0.1) is 6.04 Å². The number of carbonyl (C=O) groups excluding carboxylic acids is 2. The maximum Gasteiger partial charge on any atom is 0.324 e. The van der Waals surface area contributed by atoms with E-state index in [-0.39, 0.29) is 18.0 Å². The number of benzene rings is 1. The number of likely N-dealkylation sites (N-methyl/N-ethyl adjacent to an activating group) is 1. The molecule has 20 heavy (non-hydrogen) atoms. The van der Waals surface area contributed by atoms with Crippen molar-refractivity contribution in [2.75, 3.05) is 20.1 Å². The maximum absolute atomic E-state index is 12.3. The van der Waals surface area contributed by atoms with Crippen molar-refractivity contribution in [3.8, 4) is 0 Å². The molecule has 1 aromatic carbocycles. The number of rotatable bonds is 4. The van der Waals surface area contributed by atoms with Gasteiger partial charge in [0.1, 0.15) is 0 Å². The van der Waals surface area contributed by atoms with Crippen molar-refractivity contribution < 1.29 is 9.59 Å². The lowest BCUT2D eigenvalue weighted by Gasteiger charge is -2.27. The Labute approximate surface area is 119 Å². The number of hydrogen-bond donors (Lipinski definition) is 1. The van der Waals surface area contributed by atoms with E-state index in [1.807, 2.05) is 31.0 Å². The summed E-state index contributed by atoms with van der Waals surface area (Å²) in [6.45, 7) is 5.59. The summed E-state index contributed by atoms with van der Waals surface area (Å²) in [7, 11) is 1.91. The molecule has 1 N–H and O–H groups in total. The van der Waals surface area contributed by atoms with Gasteiger partial charge in [-0.05, 0) is 32.0 Å². The molecule has 108 valence electrons. The predicted molar refractivity (Wildman–Crippen MR) is 77.2 cm³/mol. The van der Waals surface area contributed by atoms with Crippen molar-refractivity contribution in [1.82, 2.24) is 15.1 Å². The minimum Gasteiger partial charge on any atom is -0.336 e. The van der Waals surface area contributed by atoms with Crippen LogP contribution in [-0.2, 0) is 11.3 Å². The lowest BCUT2D eigenvalue weighted by atomic mass is 10.1. The minimum absolute atomic E-state index is 0.143. The van der Waals surface area contributed by atoms with Gasteiger partial charge in [0, 0.05) is 19.6 Å². The molecule has 0 aliphatic carbocycles. The molecule has 5 heteroatoms. The summed E-state index contributed by atoms with van der Waals surface area (Å²) in [4.78, 5) is 27.1. The zero-order chi connectivity index (χ0) is 14.7. The topological polar surface area (TPSA) is 52.7 Å². The van der Waals surface area contributed by atoms with Crippen LogP contribution in [0.25, 0.3) is 0 Å². The first-order chi connectivity index (χ1) is 9.50. The standard InChI is InChI=1S/C15H21N3O2/c1-11-6-4-5-7-13(11)10-17(3)12(2)14(19)18-9-8-16-15(18)20/h4-7,12H,8-10H2,1-3H3,(H,16,20)/t12-/m1/s1. The van der Waals surface area contributed by atoms with Gasteiger partial charge in [0.25, 0.3) is 0 Å². The zero-order valence-corrected chi connectivity index (χ0v) is 12.2. The predicted octanol–water partition coefficient (Wildman–Crippen LogP) is 1.37. The van der Waals surface area contributed by atoms with Gasteiger partial charge >= 0.3 is 6.03 Å². The molecule has 1 atom stereocenters. The second kappa shape index (κ2) is 6.05. The van der Waals surface area contributed by atoms with Crippen LogP contribution in [-0.4, -0.2) is 47.9 Å². The lowest BCUT2D eigenvalue weighted by Crippen LogP contribution is -2.46. The van der Waals surface area contributed by atoms with Gasteiger partial charge in [-0.3, -0.25) is 14.6 Å². The smallest absolute Gasteiger partial charge is 0.324 e. The first-order valence-electron chi connectivity index (χ1n) is 6.84. The van der Waals surface area contributed by atoms with Crippen molar-refractivity contribution in [1.29, 1.82) is 0 Å². The summed E-state index contributed by atoms with van der Waals surface area (Å²) < 4.78 is 0. The summed E-state index contributed by atoms with van der Waals surface area (Å²) >= 11 is 0. The number of amides is 3. The lowest BCUT2D eigenvalue weighted by molar-refractivity contribution is -0.132. The third kappa shape index (κ3) is 2.99.